The van der Waals surface area contributed by atoms with Crippen molar-refractivity contribution in [3.63, 3.8) is 0 Å². The van der Waals surface area contributed by atoms with Crippen LogP contribution in [0.15, 0.2) is 6.33 Å². The summed E-state index contributed by atoms with van der Waals surface area (Å²) in [6.07, 6.45) is 5.24. The van der Waals surface area contributed by atoms with Gasteiger partial charge in [-0.2, -0.15) is 5.10 Å². The Labute approximate surface area is 101 Å². The van der Waals surface area contributed by atoms with Crippen LogP contribution >= 0.6 is 11.6 Å². The number of halogens is 1. The predicted octanol–water partition coefficient (Wildman–Crippen LogP) is 2.11. The molecule has 0 atom stereocenters. The lowest BCUT2D eigenvalue weighted by molar-refractivity contribution is 0.207. The van der Waals surface area contributed by atoms with Crippen molar-refractivity contribution >= 4 is 11.6 Å². The zero-order valence-corrected chi connectivity index (χ0v) is 10.7. The molecule has 0 unspecified atom stereocenters. The van der Waals surface area contributed by atoms with Crippen molar-refractivity contribution in [2.45, 2.75) is 51.2 Å². The summed E-state index contributed by atoms with van der Waals surface area (Å²) in [5.41, 5.74) is 0.148. The highest BCUT2D eigenvalue weighted by atomic mass is 35.5. The van der Waals surface area contributed by atoms with Gasteiger partial charge in [0.15, 0.2) is 0 Å². The number of hydrogen-bond acceptors (Lipinski definition) is 3. The fourth-order valence-corrected chi connectivity index (χ4v) is 2.42. The SMILES string of the molecule is CC(C)n1ncnc1CNC1(CCl)CCC1. The standard InChI is InChI=1S/C11H19ClN4/c1-9(2)16-10(13-8-15-16)6-14-11(7-12)4-3-5-11/h8-9,14H,3-7H2,1-2H3. The van der Waals surface area contributed by atoms with E-state index in [2.05, 4.69) is 29.2 Å². The molecule has 0 aliphatic heterocycles. The van der Waals surface area contributed by atoms with Crippen LogP contribution in [0.3, 0.4) is 0 Å². The molecule has 0 saturated heterocycles. The molecule has 4 nitrogen and oxygen atoms in total. The first-order valence-electron chi connectivity index (χ1n) is 5.86. The van der Waals surface area contributed by atoms with Crippen LogP contribution in [0, 0.1) is 0 Å². The smallest absolute Gasteiger partial charge is 0.141 e. The first-order chi connectivity index (χ1) is 7.67. The minimum absolute atomic E-state index is 0.148. The molecule has 1 aliphatic rings. The first kappa shape index (κ1) is 11.9. The quantitative estimate of drug-likeness (QED) is 0.805. The molecule has 0 radical (unpaired) electrons. The van der Waals surface area contributed by atoms with E-state index in [-0.39, 0.29) is 5.54 Å². The molecule has 0 spiro atoms. The Kier molecular flexibility index (Phi) is 3.50. The second-order valence-electron chi connectivity index (χ2n) is 4.84. The highest BCUT2D eigenvalue weighted by molar-refractivity contribution is 6.18. The van der Waals surface area contributed by atoms with E-state index in [1.807, 2.05) is 4.68 Å². The first-order valence-corrected chi connectivity index (χ1v) is 6.40. The maximum atomic E-state index is 6.00. The molecule has 1 N–H and O–H groups in total. The second kappa shape index (κ2) is 4.72. The zero-order valence-electron chi connectivity index (χ0n) is 9.91. The van der Waals surface area contributed by atoms with Crippen LogP contribution in [0.2, 0.25) is 0 Å². The summed E-state index contributed by atoms with van der Waals surface area (Å²) in [4.78, 5) is 4.28. The van der Waals surface area contributed by atoms with E-state index in [1.54, 1.807) is 6.33 Å². The van der Waals surface area contributed by atoms with Gasteiger partial charge in [-0.3, -0.25) is 0 Å². The third-order valence-corrected chi connectivity index (χ3v) is 3.84. The maximum Gasteiger partial charge on any atom is 0.141 e. The van der Waals surface area contributed by atoms with Crippen molar-refractivity contribution in [1.82, 2.24) is 20.1 Å². The van der Waals surface area contributed by atoms with Crippen LogP contribution in [0.4, 0.5) is 0 Å². The molecule has 16 heavy (non-hydrogen) atoms. The summed E-state index contributed by atoms with van der Waals surface area (Å²) in [7, 11) is 0. The van der Waals surface area contributed by atoms with E-state index in [0.717, 1.165) is 12.4 Å². The minimum Gasteiger partial charge on any atom is -0.303 e. The zero-order chi connectivity index (χ0) is 11.6. The molecule has 90 valence electrons. The Hall–Kier alpha value is -0.610. The number of hydrogen-bond donors (Lipinski definition) is 1. The highest BCUT2D eigenvalue weighted by Crippen LogP contribution is 2.33. The number of rotatable bonds is 5. The van der Waals surface area contributed by atoms with E-state index in [9.17, 15) is 0 Å². The normalized spacial score (nSPS) is 18.8. The topological polar surface area (TPSA) is 42.7 Å². The highest BCUT2D eigenvalue weighted by Gasteiger charge is 2.35. The molecule has 1 aliphatic carbocycles. The summed E-state index contributed by atoms with van der Waals surface area (Å²) in [6.45, 7) is 4.97. The Balaban J connectivity index is 1.96. The Bertz CT molecular complexity index is 338. The van der Waals surface area contributed by atoms with Crippen molar-refractivity contribution in [2.24, 2.45) is 0 Å². The van der Waals surface area contributed by atoms with Gasteiger partial charge in [0, 0.05) is 17.5 Å². The van der Waals surface area contributed by atoms with Crippen LogP contribution < -0.4 is 5.32 Å². The van der Waals surface area contributed by atoms with Crippen LogP contribution in [-0.4, -0.2) is 26.2 Å². The lowest BCUT2D eigenvalue weighted by Gasteiger charge is -2.41. The Morgan fingerprint density at radius 3 is 2.81 bits per heavy atom. The Morgan fingerprint density at radius 2 is 2.31 bits per heavy atom. The summed E-state index contributed by atoms with van der Waals surface area (Å²) < 4.78 is 1.95. The lowest BCUT2D eigenvalue weighted by atomic mass is 9.78. The summed E-state index contributed by atoms with van der Waals surface area (Å²) in [5.74, 6) is 1.68. The Morgan fingerprint density at radius 1 is 1.56 bits per heavy atom. The molecular formula is C11H19ClN4. The van der Waals surface area contributed by atoms with E-state index in [1.165, 1.54) is 19.3 Å². The predicted molar refractivity (Wildman–Crippen MR) is 64.5 cm³/mol. The lowest BCUT2D eigenvalue weighted by Crippen LogP contribution is -2.52. The van der Waals surface area contributed by atoms with Crippen LogP contribution in [-0.2, 0) is 6.54 Å². The van der Waals surface area contributed by atoms with Gasteiger partial charge in [0.1, 0.15) is 12.2 Å². The van der Waals surface area contributed by atoms with E-state index in [0.29, 0.717) is 11.9 Å². The van der Waals surface area contributed by atoms with E-state index >= 15 is 0 Å². The van der Waals surface area contributed by atoms with Crippen molar-refractivity contribution in [3.8, 4) is 0 Å². The van der Waals surface area contributed by atoms with Crippen molar-refractivity contribution in [1.29, 1.82) is 0 Å². The minimum atomic E-state index is 0.148. The van der Waals surface area contributed by atoms with E-state index in [4.69, 9.17) is 11.6 Å². The van der Waals surface area contributed by atoms with E-state index < -0.39 is 0 Å². The van der Waals surface area contributed by atoms with Gasteiger partial charge in [-0.15, -0.1) is 11.6 Å². The second-order valence-corrected chi connectivity index (χ2v) is 5.10. The largest absolute Gasteiger partial charge is 0.303 e. The van der Waals surface area contributed by atoms with Gasteiger partial charge >= 0.3 is 0 Å². The van der Waals surface area contributed by atoms with Crippen LogP contribution in [0.5, 0.6) is 0 Å². The maximum absolute atomic E-state index is 6.00. The molecular weight excluding hydrogens is 224 g/mol. The summed E-state index contributed by atoms with van der Waals surface area (Å²) in [6, 6.07) is 0.354. The molecule has 1 fully saturated rings. The van der Waals surface area contributed by atoms with Gasteiger partial charge in [0.2, 0.25) is 0 Å². The van der Waals surface area contributed by atoms with Gasteiger partial charge in [-0.05, 0) is 33.1 Å². The average Bonchev–Trinajstić information content (AvgIpc) is 2.65. The molecule has 1 aromatic rings. The fourth-order valence-electron chi connectivity index (χ4n) is 2.06. The van der Waals surface area contributed by atoms with Crippen molar-refractivity contribution in [2.75, 3.05) is 5.88 Å². The molecule has 0 bridgehead atoms. The molecule has 0 aromatic carbocycles. The average molecular weight is 243 g/mol. The molecule has 1 saturated carbocycles. The molecule has 1 heterocycles. The van der Waals surface area contributed by atoms with Gasteiger partial charge < -0.3 is 5.32 Å². The molecule has 5 heteroatoms. The van der Waals surface area contributed by atoms with Gasteiger partial charge in [-0.1, -0.05) is 0 Å². The summed E-state index contributed by atoms with van der Waals surface area (Å²) in [5, 5.41) is 7.74. The summed E-state index contributed by atoms with van der Waals surface area (Å²) >= 11 is 6.00. The third kappa shape index (κ3) is 2.23. The molecule has 1 aromatic heterocycles. The van der Waals surface area contributed by atoms with Gasteiger partial charge in [0.05, 0.1) is 6.54 Å². The monoisotopic (exact) mass is 242 g/mol. The van der Waals surface area contributed by atoms with Gasteiger partial charge in [0.25, 0.3) is 0 Å². The van der Waals surface area contributed by atoms with Gasteiger partial charge in [-0.25, -0.2) is 9.67 Å². The van der Waals surface area contributed by atoms with Crippen LogP contribution in [0.1, 0.15) is 45.0 Å². The fraction of sp³-hybridized carbons (Fsp3) is 0.818. The van der Waals surface area contributed by atoms with Crippen molar-refractivity contribution < 1.29 is 0 Å². The number of nitrogens with one attached hydrogen (secondary N) is 1. The van der Waals surface area contributed by atoms with Crippen molar-refractivity contribution in [3.05, 3.63) is 12.2 Å². The third-order valence-electron chi connectivity index (χ3n) is 3.32. The van der Waals surface area contributed by atoms with Crippen LogP contribution in [0.25, 0.3) is 0 Å². The number of alkyl halides is 1. The molecule has 0 amide bonds. The molecule has 2 rings (SSSR count). The number of aromatic nitrogens is 3. The number of nitrogens with zero attached hydrogens (tertiary/aromatic N) is 3.